The zero-order valence-corrected chi connectivity index (χ0v) is 37.5. The first kappa shape index (κ1) is 51.8. The van der Waals surface area contributed by atoms with Crippen LogP contribution in [0.4, 0.5) is 0 Å². The first-order valence-corrected chi connectivity index (χ1v) is 20.9. The van der Waals surface area contributed by atoms with Crippen LogP contribution in [0.25, 0.3) is 0 Å². The molecule has 16 nitrogen and oxygen atoms in total. The Kier molecular flexibility index (Phi) is 22.9. The molecule has 0 aliphatic carbocycles. The van der Waals surface area contributed by atoms with E-state index in [0.29, 0.717) is 104 Å². The minimum atomic E-state index is -0.989. The van der Waals surface area contributed by atoms with Gasteiger partial charge in [-0.25, -0.2) is 0 Å². The third-order valence-electron chi connectivity index (χ3n) is 8.71. The molecule has 1 atom stereocenters. The van der Waals surface area contributed by atoms with E-state index in [-0.39, 0.29) is 32.0 Å². The fourth-order valence-corrected chi connectivity index (χ4v) is 6.13. The molecule has 1 aromatic carbocycles. The number of carboxylic acid groups (broad SMARTS) is 1. The van der Waals surface area contributed by atoms with E-state index < -0.39 is 40.8 Å². The summed E-state index contributed by atoms with van der Waals surface area (Å²) in [6.45, 7) is 24.6. The second kappa shape index (κ2) is 26.1. The van der Waals surface area contributed by atoms with Crippen LogP contribution >= 0.6 is 0 Å². The largest absolute Gasteiger partial charge is 0.491 e. The van der Waals surface area contributed by atoms with Crippen LogP contribution < -0.4 is 4.74 Å². The Morgan fingerprint density at radius 1 is 0.559 bits per heavy atom. The first-order valence-electron chi connectivity index (χ1n) is 20.9. The van der Waals surface area contributed by atoms with Crippen molar-refractivity contribution in [3.05, 3.63) is 29.8 Å². The fraction of sp³-hybridized carbons (Fsp3) is 0.767. The van der Waals surface area contributed by atoms with E-state index in [9.17, 15) is 24.3 Å². The number of ether oxygens (including phenoxy) is 7. The van der Waals surface area contributed by atoms with E-state index in [0.717, 1.165) is 5.56 Å². The number of hydrogen-bond acceptors (Lipinski definition) is 15. The topological polar surface area (TPSA) is 166 Å². The highest BCUT2D eigenvalue weighted by Gasteiger charge is 2.30. The number of carbonyl (C=O) groups is 4. The van der Waals surface area contributed by atoms with Crippen molar-refractivity contribution in [3.8, 4) is 5.75 Å². The van der Waals surface area contributed by atoms with Crippen molar-refractivity contribution in [1.82, 2.24) is 19.6 Å². The summed E-state index contributed by atoms with van der Waals surface area (Å²) in [5, 5.41) is 10.6. The summed E-state index contributed by atoms with van der Waals surface area (Å²) in [6.07, 6.45) is 0.212. The Morgan fingerprint density at radius 2 is 0.915 bits per heavy atom. The molecule has 1 fully saturated rings. The third kappa shape index (κ3) is 25.1. The van der Waals surface area contributed by atoms with Crippen molar-refractivity contribution in [2.45, 2.75) is 98.5 Å². The smallest absolute Gasteiger partial charge is 0.321 e. The SMILES string of the molecule is CCOCCOCCOCCOc1ccc(CC(C(=O)O)N2CCN(CC(=O)OC(C)(C)C)CCN(CC(=O)OC(C)(C)C)CCN(CC(=O)OC(C)(C)C)CC2)cc1. The molecule has 1 aromatic rings. The van der Waals surface area contributed by atoms with Crippen molar-refractivity contribution in [2.24, 2.45) is 0 Å². The maximum absolute atomic E-state index is 13.1. The molecule has 1 aliphatic heterocycles. The summed E-state index contributed by atoms with van der Waals surface area (Å²) < 4.78 is 39.0. The van der Waals surface area contributed by atoms with Gasteiger partial charge in [-0.1, -0.05) is 12.1 Å². The lowest BCUT2D eigenvalue weighted by molar-refractivity contribution is -0.158. The molecule has 0 bridgehead atoms. The van der Waals surface area contributed by atoms with Crippen molar-refractivity contribution < 1.29 is 57.4 Å². The summed E-state index contributed by atoms with van der Waals surface area (Å²) in [5.74, 6) is -1.53. The standard InChI is InChI=1S/C43H74N4O12/c1-11-53-24-25-54-26-27-55-28-29-56-35-14-12-34(13-15-35)30-36(40(51)52)47-22-20-45(32-38(49)58-42(5,6)7)18-16-44(31-37(48)57-41(2,3)4)17-19-46(21-23-47)33-39(50)59-43(8,9)10/h12-15,36H,11,16-33H2,1-10H3,(H,51,52). The first-order chi connectivity index (χ1) is 27.6. The molecule has 338 valence electrons. The summed E-state index contributed by atoms with van der Waals surface area (Å²) >= 11 is 0. The van der Waals surface area contributed by atoms with Crippen LogP contribution in [-0.2, 0) is 54.0 Å². The number of rotatable bonds is 21. The molecule has 1 aliphatic rings. The molecular weight excluding hydrogens is 764 g/mol. The van der Waals surface area contributed by atoms with Gasteiger partial charge >= 0.3 is 23.9 Å². The van der Waals surface area contributed by atoms with Crippen molar-refractivity contribution in [1.29, 1.82) is 0 Å². The molecule has 1 saturated heterocycles. The maximum atomic E-state index is 13.1. The minimum Gasteiger partial charge on any atom is -0.491 e. The van der Waals surface area contributed by atoms with E-state index in [1.807, 2.05) is 113 Å². The minimum absolute atomic E-state index is 0.0113. The van der Waals surface area contributed by atoms with Crippen molar-refractivity contribution in [2.75, 3.05) is 118 Å². The van der Waals surface area contributed by atoms with Gasteiger partial charge in [0.15, 0.2) is 0 Å². The summed E-state index contributed by atoms with van der Waals surface area (Å²) in [5.41, 5.74) is -1.22. The number of carboxylic acids is 1. The molecule has 16 heteroatoms. The Hall–Kier alpha value is -3.38. The normalized spacial score (nSPS) is 16.7. The lowest BCUT2D eigenvalue weighted by Crippen LogP contribution is -2.52. The van der Waals surface area contributed by atoms with Crippen LogP contribution in [0.2, 0.25) is 0 Å². The zero-order valence-electron chi connectivity index (χ0n) is 37.5. The zero-order chi connectivity index (χ0) is 44.1. The second-order valence-electron chi connectivity index (χ2n) is 17.6. The number of carbonyl (C=O) groups excluding carboxylic acids is 3. The molecule has 1 unspecified atom stereocenters. The van der Waals surface area contributed by atoms with Crippen LogP contribution in [0.5, 0.6) is 5.75 Å². The van der Waals surface area contributed by atoms with Gasteiger partial charge < -0.3 is 38.3 Å². The lowest BCUT2D eigenvalue weighted by atomic mass is 10.0. The van der Waals surface area contributed by atoms with Gasteiger partial charge in [-0.2, -0.15) is 0 Å². The molecule has 59 heavy (non-hydrogen) atoms. The van der Waals surface area contributed by atoms with E-state index in [1.165, 1.54) is 0 Å². The fourth-order valence-electron chi connectivity index (χ4n) is 6.13. The molecular formula is C43H74N4O12. The molecule has 1 heterocycles. The lowest BCUT2D eigenvalue weighted by Gasteiger charge is -2.36. The Balaban J connectivity index is 2.26. The molecule has 2 rings (SSSR count). The maximum Gasteiger partial charge on any atom is 0.321 e. The van der Waals surface area contributed by atoms with Crippen molar-refractivity contribution >= 4 is 23.9 Å². The Morgan fingerprint density at radius 3 is 1.27 bits per heavy atom. The van der Waals surface area contributed by atoms with E-state index in [4.69, 9.17) is 33.2 Å². The van der Waals surface area contributed by atoms with Gasteiger partial charge in [0.1, 0.15) is 35.2 Å². The molecule has 0 saturated carbocycles. The number of esters is 3. The Labute approximate surface area is 352 Å². The predicted octanol–water partition coefficient (Wildman–Crippen LogP) is 3.38. The van der Waals surface area contributed by atoms with Crippen LogP contribution in [0.3, 0.4) is 0 Å². The number of nitrogens with zero attached hydrogens (tertiary/aromatic N) is 4. The van der Waals surface area contributed by atoms with Gasteiger partial charge in [-0.15, -0.1) is 0 Å². The van der Waals surface area contributed by atoms with Gasteiger partial charge in [-0.05, 0) is 93.4 Å². The van der Waals surface area contributed by atoms with Gasteiger partial charge in [0.2, 0.25) is 0 Å². The van der Waals surface area contributed by atoms with Crippen LogP contribution in [-0.4, -0.2) is 190 Å². The summed E-state index contributed by atoms with van der Waals surface area (Å²) in [4.78, 5) is 59.9. The van der Waals surface area contributed by atoms with Gasteiger partial charge in [0.25, 0.3) is 0 Å². The quantitative estimate of drug-likeness (QED) is 0.109. The second-order valence-corrected chi connectivity index (χ2v) is 17.6. The van der Waals surface area contributed by atoms with Crippen LogP contribution in [0.15, 0.2) is 24.3 Å². The molecule has 0 aromatic heterocycles. The van der Waals surface area contributed by atoms with Crippen molar-refractivity contribution in [3.63, 3.8) is 0 Å². The Bertz CT molecular complexity index is 1340. The average Bonchev–Trinajstić information content (AvgIpc) is 3.09. The number of benzene rings is 1. The number of hydrogen-bond donors (Lipinski definition) is 1. The van der Waals surface area contributed by atoms with E-state index in [1.54, 1.807) is 0 Å². The van der Waals surface area contributed by atoms with Gasteiger partial charge in [0, 0.05) is 59.0 Å². The molecule has 0 amide bonds. The number of aliphatic carboxylic acids is 1. The highest BCUT2D eigenvalue weighted by Crippen LogP contribution is 2.17. The van der Waals surface area contributed by atoms with E-state index in [2.05, 4.69) is 0 Å². The highest BCUT2D eigenvalue weighted by molar-refractivity contribution is 5.74. The molecule has 1 N–H and O–H groups in total. The van der Waals surface area contributed by atoms with Crippen LogP contribution in [0.1, 0.15) is 74.8 Å². The predicted molar refractivity (Wildman–Crippen MR) is 224 cm³/mol. The average molecular weight is 839 g/mol. The van der Waals surface area contributed by atoms with Crippen LogP contribution in [0, 0.1) is 0 Å². The summed E-state index contributed by atoms with van der Waals surface area (Å²) in [6, 6.07) is 6.44. The summed E-state index contributed by atoms with van der Waals surface area (Å²) in [7, 11) is 0. The monoisotopic (exact) mass is 839 g/mol. The third-order valence-corrected chi connectivity index (χ3v) is 8.71. The van der Waals surface area contributed by atoms with Gasteiger partial charge in [0.05, 0.1) is 52.7 Å². The molecule has 0 radical (unpaired) electrons. The highest BCUT2D eigenvalue weighted by atomic mass is 16.6. The molecule has 0 spiro atoms. The van der Waals surface area contributed by atoms with Gasteiger partial charge in [-0.3, -0.25) is 38.8 Å². The van der Waals surface area contributed by atoms with E-state index >= 15 is 0 Å².